The van der Waals surface area contributed by atoms with Crippen LogP contribution < -0.4 is 16.8 Å². The van der Waals surface area contributed by atoms with Crippen molar-refractivity contribution in [1.29, 1.82) is 5.26 Å². The van der Waals surface area contributed by atoms with E-state index < -0.39 is 17.7 Å². The minimum absolute atomic E-state index is 0.0403. The van der Waals surface area contributed by atoms with Crippen LogP contribution in [0.1, 0.15) is 27.1 Å². The van der Waals surface area contributed by atoms with Gasteiger partial charge < -0.3 is 16.8 Å². The molecule has 0 aliphatic heterocycles. The molecule has 0 aliphatic rings. The number of carbonyl (C=O) groups is 3. The molecule has 0 aliphatic carbocycles. The van der Waals surface area contributed by atoms with Gasteiger partial charge in [0.15, 0.2) is 0 Å². The van der Waals surface area contributed by atoms with Crippen molar-refractivity contribution in [3.8, 4) is 6.07 Å². The van der Waals surface area contributed by atoms with E-state index in [9.17, 15) is 14.4 Å². The first-order valence-corrected chi connectivity index (χ1v) is 4.85. The third-order valence-corrected chi connectivity index (χ3v) is 2.03. The predicted octanol–water partition coefficient (Wildman–Crippen LogP) is -0.263. The molecule has 5 N–H and O–H groups in total. The summed E-state index contributed by atoms with van der Waals surface area (Å²) in [5.41, 5.74) is 10.4. The van der Waals surface area contributed by atoms with Gasteiger partial charge in [-0.2, -0.15) is 5.26 Å². The molecule has 18 heavy (non-hydrogen) atoms. The Bertz CT molecular complexity index is 528. The highest BCUT2D eigenvalue weighted by Crippen LogP contribution is 2.15. The van der Waals surface area contributed by atoms with E-state index in [-0.39, 0.29) is 23.2 Å². The van der Waals surface area contributed by atoms with Crippen LogP contribution in [-0.2, 0) is 4.79 Å². The zero-order chi connectivity index (χ0) is 13.7. The van der Waals surface area contributed by atoms with Gasteiger partial charge in [-0.15, -0.1) is 0 Å². The van der Waals surface area contributed by atoms with Crippen LogP contribution in [0.3, 0.4) is 0 Å². The molecule has 0 atom stereocenters. The van der Waals surface area contributed by atoms with Crippen molar-refractivity contribution in [3.05, 3.63) is 29.3 Å². The van der Waals surface area contributed by atoms with E-state index >= 15 is 0 Å². The molecular formula is C11H10N4O3. The summed E-state index contributed by atoms with van der Waals surface area (Å²) in [5, 5.41) is 10.7. The van der Waals surface area contributed by atoms with Crippen LogP contribution in [0.2, 0.25) is 0 Å². The number of nitrogens with two attached hydrogens (primary N) is 2. The van der Waals surface area contributed by atoms with Crippen LogP contribution in [0.25, 0.3) is 0 Å². The average molecular weight is 246 g/mol. The Balaban J connectivity index is 3.12. The normalized spacial score (nSPS) is 9.28. The highest BCUT2D eigenvalue weighted by molar-refractivity contribution is 6.01. The third kappa shape index (κ3) is 3.31. The van der Waals surface area contributed by atoms with E-state index in [1.807, 2.05) is 0 Å². The predicted molar refractivity (Wildman–Crippen MR) is 62.3 cm³/mol. The van der Waals surface area contributed by atoms with Crippen molar-refractivity contribution < 1.29 is 14.4 Å². The summed E-state index contributed by atoms with van der Waals surface area (Å²) < 4.78 is 0. The molecule has 7 nitrogen and oxygen atoms in total. The Morgan fingerprint density at radius 1 is 1.11 bits per heavy atom. The number of nitriles is 1. The maximum atomic E-state index is 11.2. The molecule has 1 rings (SSSR count). The van der Waals surface area contributed by atoms with E-state index in [0.29, 0.717) is 0 Å². The lowest BCUT2D eigenvalue weighted by Crippen LogP contribution is -2.17. The van der Waals surface area contributed by atoms with Gasteiger partial charge in [-0.25, -0.2) is 0 Å². The molecular weight excluding hydrogens is 236 g/mol. The van der Waals surface area contributed by atoms with Crippen molar-refractivity contribution in [1.82, 2.24) is 0 Å². The zero-order valence-electron chi connectivity index (χ0n) is 9.27. The number of rotatable bonds is 4. The number of amides is 3. The molecule has 0 heterocycles. The number of nitrogens with one attached hydrogen (secondary N) is 1. The molecule has 92 valence electrons. The molecule has 0 unspecified atom stereocenters. The van der Waals surface area contributed by atoms with E-state index in [0.717, 1.165) is 0 Å². The third-order valence-electron chi connectivity index (χ3n) is 2.03. The lowest BCUT2D eigenvalue weighted by Gasteiger charge is -2.06. The fourth-order valence-electron chi connectivity index (χ4n) is 1.26. The number of carbonyl (C=O) groups excluding carboxylic acids is 3. The second-order valence-corrected chi connectivity index (χ2v) is 3.41. The lowest BCUT2D eigenvalue weighted by molar-refractivity contribution is -0.115. The molecule has 0 bridgehead atoms. The van der Waals surface area contributed by atoms with E-state index in [2.05, 4.69) is 5.32 Å². The molecule has 0 radical (unpaired) electrons. The van der Waals surface area contributed by atoms with Crippen molar-refractivity contribution >= 4 is 23.4 Å². The van der Waals surface area contributed by atoms with Crippen LogP contribution in [0.4, 0.5) is 5.69 Å². The number of nitrogens with zero attached hydrogens (tertiary/aromatic N) is 1. The van der Waals surface area contributed by atoms with Crippen LogP contribution in [0.5, 0.6) is 0 Å². The Kier molecular flexibility index (Phi) is 3.99. The second-order valence-electron chi connectivity index (χ2n) is 3.41. The summed E-state index contributed by atoms with van der Waals surface area (Å²) in [6.07, 6.45) is -0.341. The maximum absolute atomic E-state index is 11.2. The molecule has 0 fully saturated rings. The largest absolute Gasteiger partial charge is 0.366 e. The molecule has 0 saturated carbocycles. The first-order valence-electron chi connectivity index (χ1n) is 4.85. The van der Waals surface area contributed by atoms with E-state index in [4.69, 9.17) is 16.7 Å². The summed E-state index contributed by atoms with van der Waals surface area (Å²) >= 11 is 0. The summed E-state index contributed by atoms with van der Waals surface area (Å²) in [5.74, 6) is -2.07. The SMILES string of the molecule is N#CCC(=O)Nc1cc(C(N)=O)cc(C(N)=O)c1. The maximum Gasteiger partial charge on any atom is 0.248 e. The first-order chi connectivity index (χ1) is 8.43. The lowest BCUT2D eigenvalue weighted by atomic mass is 10.1. The van der Waals surface area contributed by atoms with E-state index in [1.54, 1.807) is 6.07 Å². The van der Waals surface area contributed by atoms with Crippen molar-refractivity contribution in [2.75, 3.05) is 5.32 Å². The Morgan fingerprint density at radius 2 is 1.61 bits per heavy atom. The van der Waals surface area contributed by atoms with Gasteiger partial charge in [0.1, 0.15) is 6.42 Å². The Hall–Kier alpha value is -2.88. The van der Waals surface area contributed by atoms with Crippen molar-refractivity contribution in [3.63, 3.8) is 0 Å². The summed E-state index contributed by atoms with van der Waals surface area (Å²) in [6.45, 7) is 0. The molecule has 3 amide bonds. The quantitative estimate of drug-likeness (QED) is 0.673. The highest BCUT2D eigenvalue weighted by atomic mass is 16.2. The van der Waals surface area contributed by atoms with Gasteiger partial charge in [0, 0.05) is 16.8 Å². The van der Waals surface area contributed by atoms with Gasteiger partial charge in [-0.3, -0.25) is 14.4 Å². The average Bonchev–Trinajstić information content (AvgIpc) is 2.28. The van der Waals surface area contributed by atoms with Crippen LogP contribution in [0.15, 0.2) is 18.2 Å². The highest BCUT2D eigenvalue weighted by Gasteiger charge is 2.10. The van der Waals surface area contributed by atoms with Crippen LogP contribution in [0, 0.1) is 11.3 Å². The van der Waals surface area contributed by atoms with Gasteiger partial charge in [0.05, 0.1) is 6.07 Å². The number of primary amides is 2. The van der Waals surface area contributed by atoms with Crippen molar-refractivity contribution in [2.24, 2.45) is 11.5 Å². The minimum Gasteiger partial charge on any atom is -0.366 e. The fourth-order valence-corrected chi connectivity index (χ4v) is 1.26. The van der Waals surface area contributed by atoms with Gasteiger partial charge in [0.25, 0.3) is 0 Å². The zero-order valence-corrected chi connectivity index (χ0v) is 9.27. The number of benzene rings is 1. The van der Waals surface area contributed by atoms with Gasteiger partial charge >= 0.3 is 0 Å². The standard InChI is InChI=1S/C11H10N4O3/c12-2-1-9(16)15-8-4-6(10(13)17)3-7(5-8)11(14)18/h3-5H,1H2,(H2,13,17)(H2,14,18)(H,15,16). The van der Waals surface area contributed by atoms with Gasteiger partial charge in [-0.1, -0.05) is 0 Å². The Labute approximate surface area is 102 Å². The topological polar surface area (TPSA) is 139 Å². The summed E-state index contributed by atoms with van der Waals surface area (Å²) in [7, 11) is 0. The van der Waals surface area contributed by atoms with Crippen LogP contribution >= 0.6 is 0 Å². The molecule has 0 saturated heterocycles. The second kappa shape index (κ2) is 5.45. The number of hydrogen-bond donors (Lipinski definition) is 3. The monoisotopic (exact) mass is 246 g/mol. The fraction of sp³-hybridized carbons (Fsp3) is 0.0909. The van der Waals surface area contributed by atoms with E-state index in [1.165, 1.54) is 18.2 Å². The summed E-state index contributed by atoms with van der Waals surface area (Å²) in [4.78, 5) is 33.3. The Morgan fingerprint density at radius 3 is 2.00 bits per heavy atom. The molecule has 7 heteroatoms. The molecule has 1 aromatic carbocycles. The minimum atomic E-state index is -0.756. The first kappa shape index (κ1) is 13.2. The number of hydrogen-bond acceptors (Lipinski definition) is 4. The molecule has 0 aromatic heterocycles. The van der Waals surface area contributed by atoms with Crippen LogP contribution in [-0.4, -0.2) is 17.7 Å². The number of anilines is 1. The van der Waals surface area contributed by atoms with Gasteiger partial charge in [-0.05, 0) is 18.2 Å². The molecule has 0 spiro atoms. The van der Waals surface area contributed by atoms with Gasteiger partial charge in [0.2, 0.25) is 17.7 Å². The summed E-state index contributed by atoms with van der Waals surface area (Å²) in [6, 6.07) is 5.49. The smallest absolute Gasteiger partial charge is 0.248 e. The molecule has 1 aromatic rings. The van der Waals surface area contributed by atoms with Crippen molar-refractivity contribution in [2.45, 2.75) is 6.42 Å².